The highest BCUT2D eigenvalue weighted by Crippen LogP contribution is 2.33. The fourth-order valence-corrected chi connectivity index (χ4v) is 4.09. The number of likely N-dealkylation sites (tertiary alicyclic amines) is 1. The van der Waals surface area contributed by atoms with Gasteiger partial charge in [-0.05, 0) is 36.4 Å². The van der Waals surface area contributed by atoms with Gasteiger partial charge in [-0.3, -0.25) is 9.78 Å². The van der Waals surface area contributed by atoms with Crippen LogP contribution in [0.2, 0.25) is 0 Å². The minimum atomic E-state index is -0.294. The summed E-state index contributed by atoms with van der Waals surface area (Å²) in [6.07, 6.45) is 5.73. The van der Waals surface area contributed by atoms with Gasteiger partial charge in [0, 0.05) is 41.3 Å². The lowest BCUT2D eigenvalue weighted by Gasteiger charge is -2.38. The molecule has 0 spiro atoms. The Morgan fingerprint density at radius 3 is 2.96 bits per heavy atom. The van der Waals surface area contributed by atoms with Crippen LogP contribution in [0.25, 0.3) is 11.5 Å². The largest absolute Gasteiger partial charge is 0.341 e. The Hall–Kier alpha value is -2.54. The predicted octanol–water partition coefficient (Wildman–Crippen LogP) is 3.32. The zero-order valence-electron chi connectivity index (χ0n) is 14.6. The van der Waals surface area contributed by atoms with Crippen LogP contribution in [0.4, 0.5) is 0 Å². The molecule has 3 aromatic rings. The molecule has 7 heteroatoms. The van der Waals surface area contributed by atoms with E-state index in [9.17, 15) is 4.79 Å². The first-order valence-corrected chi connectivity index (χ1v) is 9.57. The van der Waals surface area contributed by atoms with E-state index in [-0.39, 0.29) is 11.3 Å². The van der Waals surface area contributed by atoms with E-state index in [0.29, 0.717) is 24.7 Å². The van der Waals surface area contributed by atoms with Crippen LogP contribution >= 0.6 is 11.3 Å². The van der Waals surface area contributed by atoms with Gasteiger partial charge in [-0.1, -0.05) is 18.1 Å². The van der Waals surface area contributed by atoms with Gasteiger partial charge >= 0.3 is 0 Å². The second-order valence-corrected chi connectivity index (χ2v) is 7.93. The maximum atomic E-state index is 12.7. The zero-order valence-corrected chi connectivity index (χ0v) is 15.4. The fraction of sp³-hybridized carbons (Fsp3) is 0.368. The Labute approximate surface area is 155 Å². The van der Waals surface area contributed by atoms with Crippen molar-refractivity contribution in [3.63, 3.8) is 0 Å². The molecule has 1 aliphatic heterocycles. The Bertz CT molecular complexity index is 878. The van der Waals surface area contributed by atoms with Crippen molar-refractivity contribution in [2.75, 3.05) is 13.1 Å². The highest BCUT2D eigenvalue weighted by Gasteiger charge is 2.38. The molecule has 0 N–H and O–H groups in total. The number of piperidine rings is 1. The number of nitrogens with zero attached hydrogens (tertiary/aromatic N) is 4. The third-order valence-corrected chi connectivity index (χ3v) is 5.72. The summed E-state index contributed by atoms with van der Waals surface area (Å²) in [5.74, 6) is 1.32. The molecule has 134 valence electrons. The standard InChI is InChI=1S/C19H20N4O2S/c1-19(18-21-17(25-22-18)14-5-8-20-9-6-14)7-3-10-23(13-19)16(24)12-15-4-2-11-26-15/h2,4-6,8-9,11H,3,7,10,12-13H2,1H3. The summed E-state index contributed by atoms with van der Waals surface area (Å²) in [6, 6.07) is 7.67. The van der Waals surface area contributed by atoms with Gasteiger partial charge in [0.25, 0.3) is 5.89 Å². The molecule has 3 aromatic heterocycles. The third-order valence-electron chi connectivity index (χ3n) is 4.85. The molecule has 1 fully saturated rings. The van der Waals surface area contributed by atoms with Gasteiger partial charge in [0.15, 0.2) is 5.82 Å². The maximum absolute atomic E-state index is 12.7. The molecule has 0 saturated carbocycles. The average Bonchev–Trinajstić information content (AvgIpc) is 3.35. The molecule has 1 unspecified atom stereocenters. The SMILES string of the molecule is CC1(c2noc(-c3ccncc3)n2)CCCN(C(=O)Cc2cccs2)C1. The number of aromatic nitrogens is 3. The van der Waals surface area contributed by atoms with E-state index < -0.39 is 0 Å². The van der Waals surface area contributed by atoms with Crippen LogP contribution in [-0.2, 0) is 16.6 Å². The van der Waals surface area contributed by atoms with Crippen molar-refractivity contribution >= 4 is 17.2 Å². The highest BCUT2D eigenvalue weighted by molar-refractivity contribution is 7.10. The van der Waals surface area contributed by atoms with Crippen LogP contribution in [0.15, 0.2) is 46.6 Å². The van der Waals surface area contributed by atoms with E-state index >= 15 is 0 Å². The van der Waals surface area contributed by atoms with Crippen molar-refractivity contribution < 1.29 is 9.32 Å². The summed E-state index contributed by atoms with van der Waals surface area (Å²) in [5, 5.41) is 6.22. The summed E-state index contributed by atoms with van der Waals surface area (Å²) in [6.45, 7) is 3.51. The van der Waals surface area contributed by atoms with Gasteiger partial charge in [-0.25, -0.2) is 0 Å². The minimum Gasteiger partial charge on any atom is -0.341 e. The molecule has 6 nitrogen and oxygen atoms in total. The lowest BCUT2D eigenvalue weighted by Crippen LogP contribution is -2.48. The van der Waals surface area contributed by atoms with Crippen molar-refractivity contribution in [1.29, 1.82) is 0 Å². The molecule has 0 radical (unpaired) electrons. The van der Waals surface area contributed by atoms with Crippen LogP contribution in [0.3, 0.4) is 0 Å². The molecule has 4 rings (SSSR count). The number of carbonyl (C=O) groups is 1. The van der Waals surface area contributed by atoms with Gasteiger partial charge < -0.3 is 9.42 Å². The topological polar surface area (TPSA) is 72.1 Å². The third kappa shape index (κ3) is 3.39. The summed E-state index contributed by atoms with van der Waals surface area (Å²) >= 11 is 1.62. The number of amides is 1. The van der Waals surface area contributed by atoms with Crippen molar-refractivity contribution in [1.82, 2.24) is 20.0 Å². The maximum Gasteiger partial charge on any atom is 0.258 e. The van der Waals surface area contributed by atoms with Crippen LogP contribution in [0.1, 0.15) is 30.5 Å². The molecule has 1 amide bonds. The van der Waals surface area contributed by atoms with E-state index in [1.165, 1.54) is 0 Å². The summed E-state index contributed by atoms with van der Waals surface area (Å²) < 4.78 is 5.46. The Morgan fingerprint density at radius 2 is 2.19 bits per heavy atom. The minimum absolute atomic E-state index is 0.163. The van der Waals surface area contributed by atoms with Crippen molar-refractivity contribution in [3.8, 4) is 11.5 Å². The van der Waals surface area contributed by atoms with Crippen LogP contribution in [0, 0.1) is 0 Å². The lowest BCUT2D eigenvalue weighted by atomic mass is 9.81. The molecule has 1 saturated heterocycles. The van der Waals surface area contributed by atoms with E-state index in [0.717, 1.165) is 29.8 Å². The summed E-state index contributed by atoms with van der Waals surface area (Å²) in [7, 11) is 0. The second-order valence-electron chi connectivity index (χ2n) is 6.89. The van der Waals surface area contributed by atoms with E-state index in [1.807, 2.05) is 34.5 Å². The predicted molar refractivity (Wildman–Crippen MR) is 98.7 cm³/mol. The molecule has 0 aromatic carbocycles. The van der Waals surface area contributed by atoms with Gasteiger partial charge in [0.05, 0.1) is 6.42 Å². The smallest absolute Gasteiger partial charge is 0.258 e. The second kappa shape index (κ2) is 6.99. The highest BCUT2D eigenvalue weighted by atomic mass is 32.1. The van der Waals surface area contributed by atoms with Crippen molar-refractivity contribution in [2.45, 2.75) is 31.6 Å². The summed E-state index contributed by atoms with van der Waals surface area (Å²) in [4.78, 5) is 24.3. The molecule has 1 atom stereocenters. The first-order valence-electron chi connectivity index (χ1n) is 8.69. The molecular weight excluding hydrogens is 348 g/mol. The number of thiophene rings is 1. The number of hydrogen-bond acceptors (Lipinski definition) is 6. The van der Waals surface area contributed by atoms with E-state index in [2.05, 4.69) is 22.0 Å². The molecule has 0 aliphatic carbocycles. The molecule has 1 aliphatic rings. The normalized spacial score (nSPS) is 20.3. The van der Waals surface area contributed by atoms with Crippen LogP contribution in [-0.4, -0.2) is 39.0 Å². The average molecular weight is 368 g/mol. The van der Waals surface area contributed by atoms with Crippen LogP contribution in [0.5, 0.6) is 0 Å². The number of rotatable bonds is 4. The zero-order chi connectivity index (χ0) is 18.0. The fourth-order valence-electron chi connectivity index (χ4n) is 3.39. The van der Waals surface area contributed by atoms with E-state index in [1.54, 1.807) is 23.7 Å². The number of hydrogen-bond donors (Lipinski definition) is 0. The van der Waals surface area contributed by atoms with Gasteiger partial charge in [0.1, 0.15) is 0 Å². The summed E-state index contributed by atoms with van der Waals surface area (Å²) in [5.41, 5.74) is 0.557. The Morgan fingerprint density at radius 1 is 1.35 bits per heavy atom. The number of pyridine rings is 1. The van der Waals surface area contributed by atoms with Crippen molar-refractivity contribution in [2.24, 2.45) is 0 Å². The quantitative estimate of drug-likeness (QED) is 0.706. The van der Waals surface area contributed by atoms with Crippen molar-refractivity contribution in [3.05, 3.63) is 52.7 Å². The van der Waals surface area contributed by atoms with Crippen LogP contribution < -0.4 is 0 Å². The number of carbonyl (C=O) groups excluding carboxylic acids is 1. The molecule has 4 heterocycles. The first kappa shape index (κ1) is 16.9. The molecule has 0 bridgehead atoms. The first-order chi connectivity index (χ1) is 12.6. The Balaban J connectivity index is 1.51. The monoisotopic (exact) mass is 368 g/mol. The Kier molecular flexibility index (Phi) is 4.55. The van der Waals surface area contributed by atoms with Gasteiger partial charge in [0.2, 0.25) is 5.91 Å². The molecule has 26 heavy (non-hydrogen) atoms. The van der Waals surface area contributed by atoms with Gasteiger partial charge in [-0.15, -0.1) is 11.3 Å². The van der Waals surface area contributed by atoms with E-state index in [4.69, 9.17) is 4.52 Å². The van der Waals surface area contributed by atoms with Gasteiger partial charge in [-0.2, -0.15) is 4.98 Å². The molecular formula is C19H20N4O2S. The lowest BCUT2D eigenvalue weighted by molar-refractivity contribution is -0.132.